The summed E-state index contributed by atoms with van der Waals surface area (Å²) >= 11 is 0. The fourth-order valence-corrected chi connectivity index (χ4v) is 4.35. The normalized spacial score (nSPS) is 17.4. The number of para-hydroxylation sites is 2. The molecule has 26 heavy (non-hydrogen) atoms. The minimum Gasteiger partial charge on any atom is -0.494 e. The Labute approximate surface area is 156 Å². The van der Waals surface area contributed by atoms with Gasteiger partial charge in [0.05, 0.1) is 12.4 Å². The maximum atomic E-state index is 12.3. The van der Waals surface area contributed by atoms with Crippen LogP contribution in [0.15, 0.2) is 60.7 Å². The molecule has 1 fully saturated rings. The fraction of sp³-hybridized carbons (Fsp3) is 0.400. The Kier molecular flexibility index (Phi) is 6.52. The minimum atomic E-state index is -3.29. The molecule has 2 aromatic carbocycles. The maximum absolute atomic E-state index is 12.3. The third-order valence-corrected chi connectivity index (χ3v) is 6.01. The summed E-state index contributed by atoms with van der Waals surface area (Å²) in [6, 6.07) is 19.8. The molecule has 140 valence electrons. The molecule has 1 atom stereocenters. The number of benzene rings is 2. The molecule has 6 heteroatoms. The Morgan fingerprint density at radius 1 is 1.04 bits per heavy atom. The predicted octanol–water partition coefficient (Wildman–Crippen LogP) is 3.04. The van der Waals surface area contributed by atoms with E-state index in [4.69, 9.17) is 4.74 Å². The topological polar surface area (TPSA) is 58.6 Å². The fourth-order valence-electron chi connectivity index (χ4n) is 3.26. The molecule has 1 unspecified atom stereocenters. The van der Waals surface area contributed by atoms with E-state index in [2.05, 4.69) is 21.8 Å². The average Bonchev–Trinajstić information content (AvgIpc) is 3.14. The van der Waals surface area contributed by atoms with Crippen molar-refractivity contribution in [1.82, 2.24) is 4.72 Å². The molecule has 0 bridgehead atoms. The second kappa shape index (κ2) is 9.05. The SMILES string of the molecule is O=S(=O)(CCCOc1ccccc1)NCC1CCCN1c1ccccc1. The highest BCUT2D eigenvalue weighted by molar-refractivity contribution is 7.89. The van der Waals surface area contributed by atoms with Crippen LogP contribution in [0.25, 0.3) is 0 Å². The van der Waals surface area contributed by atoms with Crippen LogP contribution < -0.4 is 14.4 Å². The lowest BCUT2D eigenvalue weighted by Gasteiger charge is -2.27. The predicted molar refractivity (Wildman–Crippen MR) is 105 cm³/mol. The third kappa shape index (κ3) is 5.47. The van der Waals surface area contributed by atoms with E-state index in [9.17, 15) is 8.42 Å². The zero-order chi connectivity index (χ0) is 18.2. The zero-order valence-corrected chi connectivity index (χ0v) is 15.7. The van der Waals surface area contributed by atoms with Crippen molar-refractivity contribution in [2.45, 2.75) is 25.3 Å². The summed E-state index contributed by atoms with van der Waals surface area (Å²) in [6.45, 7) is 1.82. The number of rotatable bonds is 9. The van der Waals surface area contributed by atoms with Crippen molar-refractivity contribution in [3.05, 3.63) is 60.7 Å². The summed E-state index contributed by atoms with van der Waals surface area (Å²) in [7, 11) is -3.29. The molecular weight excluding hydrogens is 348 g/mol. The summed E-state index contributed by atoms with van der Waals surface area (Å²) in [6.07, 6.45) is 2.57. The Morgan fingerprint density at radius 2 is 1.73 bits per heavy atom. The molecule has 2 aromatic rings. The molecule has 0 amide bonds. The maximum Gasteiger partial charge on any atom is 0.211 e. The lowest BCUT2D eigenvalue weighted by molar-refractivity contribution is 0.317. The molecular formula is C20H26N2O3S. The molecule has 0 aromatic heterocycles. The van der Waals surface area contributed by atoms with Crippen molar-refractivity contribution < 1.29 is 13.2 Å². The molecule has 1 aliphatic heterocycles. The molecule has 1 saturated heterocycles. The van der Waals surface area contributed by atoms with Crippen molar-refractivity contribution in [2.75, 3.05) is 30.3 Å². The standard InChI is InChI=1S/C20H26N2O3S/c23-26(24,16-8-15-25-20-12-5-2-6-13-20)21-17-19-11-7-14-22(19)18-9-3-1-4-10-18/h1-6,9-10,12-13,19,21H,7-8,11,14-17H2. The number of hydrogen-bond donors (Lipinski definition) is 1. The van der Waals surface area contributed by atoms with Crippen LogP contribution in [-0.2, 0) is 10.0 Å². The van der Waals surface area contributed by atoms with Gasteiger partial charge < -0.3 is 9.64 Å². The first-order chi connectivity index (χ1) is 12.6. The van der Waals surface area contributed by atoms with Gasteiger partial charge in [-0.3, -0.25) is 0 Å². The van der Waals surface area contributed by atoms with Crippen LogP contribution in [0.4, 0.5) is 5.69 Å². The molecule has 0 saturated carbocycles. The van der Waals surface area contributed by atoms with Crippen molar-refractivity contribution in [1.29, 1.82) is 0 Å². The average molecular weight is 375 g/mol. The highest BCUT2D eigenvalue weighted by Crippen LogP contribution is 2.24. The van der Waals surface area contributed by atoms with E-state index in [0.717, 1.165) is 30.8 Å². The first-order valence-corrected chi connectivity index (χ1v) is 10.8. The quantitative estimate of drug-likeness (QED) is 0.686. The zero-order valence-electron chi connectivity index (χ0n) is 14.9. The molecule has 3 rings (SSSR count). The van der Waals surface area contributed by atoms with Gasteiger partial charge >= 0.3 is 0 Å². The molecule has 0 radical (unpaired) electrons. The third-order valence-electron chi connectivity index (χ3n) is 4.57. The highest BCUT2D eigenvalue weighted by Gasteiger charge is 2.25. The van der Waals surface area contributed by atoms with Gasteiger partial charge in [-0.25, -0.2) is 13.1 Å². The Balaban J connectivity index is 1.42. The summed E-state index contributed by atoms with van der Waals surface area (Å²) in [4.78, 5) is 2.29. The van der Waals surface area contributed by atoms with E-state index in [1.807, 2.05) is 48.5 Å². The van der Waals surface area contributed by atoms with Crippen molar-refractivity contribution in [2.24, 2.45) is 0 Å². The smallest absolute Gasteiger partial charge is 0.211 e. The van der Waals surface area contributed by atoms with E-state index >= 15 is 0 Å². The van der Waals surface area contributed by atoms with Gasteiger partial charge in [-0.1, -0.05) is 36.4 Å². The van der Waals surface area contributed by atoms with Crippen LogP contribution in [0.3, 0.4) is 0 Å². The van der Waals surface area contributed by atoms with Gasteiger partial charge in [0.15, 0.2) is 0 Å². The lowest BCUT2D eigenvalue weighted by Crippen LogP contribution is -2.41. The lowest BCUT2D eigenvalue weighted by atomic mass is 10.2. The van der Waals surface area contributed by atoms with Crippen LogP contribution >= 0.6 is 0 Å². The molecule has 0 aliphatic carbocycles. The summed E-state index contributed by atoms with van der Waals surface area (Å²) in [5, 5.41) is 0. The van der Waals surface area contributed by atoms with E-state index in [0.29, 0.717) is 19.6 Å². The van der Waals surface area contributed by atoms with Gasteiger partial charge in [-0.2, -0.15) is 0 Å². The molecule has 1 N–H and O–H groups in total. The number of sulfonamides is 1. The van der Waals surface area contributed by atoms with Gasteiger partial charge in [-0.15, -0.1) is 0 Å². The van der Waals surface area contributed by atoms with E-state index < -0.39 is 10.0 Å². The molecule has 5 nitrogen and oxygen atoms in total. The molecule has 1 aliphatic rings. The van der Waals surface area contributed by atoms with Gasteiger partial charge in [0.1, 0.15) is 5.75 Å². The van der Waals surface area contributed by atoms with E-state index in [-0.39, 0.29) is 11.8 Å². The number of anilines is 1. The number of hydrogen-bond acceptors (Lipinski definition) is 4. The summed E-state index contributed by atoms with van der Waals surface area (Å²) < 4.78 is 32.8. The largest absolute Gasteiger partial charge is 0.494 e. The second-order valence-electron chi connectivity index (χ2n) is 6.51. The Bertz CT molecular complexity index is 766. The van der Waals surface area contributed by atoms with Crippen LogP contribution in [0, 0.1) is 0 Å². The second-order valence-corrected chi connectivity index (χ2v) is 8.43. The van der Waals surface area contributed by atoms with Gasteiger partial charge in [0, 0.05) is 24.8 Å². The van der Waals surface area contributed by atoms with Crippen molar-refractivity contribution in [3.8, 4) is 5.75 Å². The Morgan fingerprint density at radius 3 is 2.46 bits per heavy atom. The van der Waals surface area contributed by atoms with Crippen molar-refractivity contribution in [3.63, 3.8) is 0 Å². The van der Waals surface area contributed by atoms with Gasteiger partial charge in [-0.05, 0) is 43.5 Å². The first-order valence-electron chi connectivity index (χ1n) is 9.11. The monoisotopic (exact) mass is 374 g/mol. The van der Waals surface area contributed by atoms with Crippen LogP contribution in [0.2, 0.25) is 0 Å². The van der Waals surface area contributed by atoms with Gasteiger partial charge in [0.2, 0.25) is 10.0 Å². The Hall–Kier alpha value is -2.05. The first kappa shape index (κ1) is 18.7. The molecule has 1 heterocycles. The number of nitrogens with zero attached hydrogens (tertiary/aromatic N) is 1. The summed E-state index contributed by atoms with van der Waals surface area (Å²) in [5.41, 5.74) is 1.16. The summed E-state index contributed by atoms with van der Waals surface area (Å²) in [5.74, 6) is 0.847. The van der Waals surface area contributed by atoms with Gasteiger partial charge in [0.25, 0.3) is 0 Å². The van der Waals surface area contributed by atoms with Crippen molar-refractivity contribution >= 4 is 15.7 Å². The van der Waals surface area contributed by atoms with Crippen LogP contribution in [-0.4, -0.2) is 39.9 Å². The number of ether oxygens (including phenoxy) is 1. The molecule has 0 spiro atoms. The van der Waals surface area contributed by atoms with E-state index in [1.165, 1.54) is 0 Å². The highest BCUT2D eigenvalue weighted by atomic mass is 32.2. The number of nitrogens with one attached hydrogen (secondary N) is 1. The van der Waals surface area contributed by atoms with Crippen LogP contribution in [0.5, 0.6) is 5.75 Å². The minimum absolute atomic E-state index is 0.0812. The van der Waals surface area contributed by atoms with Crippen LogP contribution in [0.1, 0.15) is 19.3 Å². The van der Waals surface area contributed by atoms with E-state index in [1.54, 1.807) is 0 Å².